The molecule has 1 saturated carbocycles. The van der Waals surface area contributed by atoms with E-state index in [1.54, 1.807) is 0 Å². The minimum absolute atomic E-state index is 0.0950. The third kappa shape index (κ3) is 3.39. The second-order valence-electron chi connectivity index (χ2n) is 6.68. The summed E-state index contributed by atoms with van der Waals surface area (Å²) in [6.45, 7) is 5.30. The molecule has 5 nitrogen and oxygen atoms in total. The Bertz CT molecular complexity index is 617. The average molecular weight is 316 g/mol. The molecule has 2 aliphatic rings. The molecule has 0 radical (unpaired) electrons. The monoisotopic (exact) mass is 316 g/mol. The van der Waals surface area contributed by atoms with Gasteiger partial charge in [-0.3, -0.25) is 9.59 Å². The lowest BCUT2D eigenvalue weighted by molar-refractivity contribution is -0.134. The number of benzene rings is 1. The van der Waals surface area contributed by atoms with E-state index in [9.17, 15) is 9.59 Å². The fraction of sp³-hybridized carbons (Fsp3) is 0.556. The van der Waals surface area contributed by atoms with Gasteiger partial charge in [-0.1, -0.05) is 6.07 Å². The topological polar surface area (TPSA) is 67.4 Å². The van der Waals surface area contributed by atoms with E-state index in [1.165, 1.54) is 5.56 Å². The molecule has 5 heteroatoms. The second-order valence-corrected chi connectivity index (χ2v) is 6.68. The number of carbonyl (C=O) groups is 2. The van der Waals surface area contributed by atoms with Crippen molar-refractivity contribution in [1.82, 2.24) is 5.32 Å². The van der Waals surface area contributed by atoms with Gasteiger partial charge in [0.15, 0.2) is 0 Å². The van der Waals surface area contributed by atoms with Gasteiger partial charge in [-0.05, 0) is 62.8 Å². The minimum atomic E-state index is -0.891. The summed E-state index contributed by atoms with van der Waals surface area (Å²) in [5.74, 6) is -0.375. The number of nitrogens with one attached hydrogen (secondary N) is 2. The Morgan fingerprint density at radius 3 is 2.61 bits per heavy atom. The molecule has 0 bridgehead atoms. The van der Waals surface area contributed by atoms with Gasteiger partial charge in [0.05, 0.1) is 6.10 Å². The number of rotatable bonds is 5. The van der Waals surface area contributed by atoms with Crippen molar-refractivity contribution in [1.29, 1.82) is 0 Å². The smallest absolute Gasteiger partial charge is 0.240 e. The van der Waals surface area contributed by atoms with E-state index in [4.69, 9.17) is 4.74 Å². The van der Waals surface area contributed by atoms with E-state index >= 15 is 0 Å². The summed E-state index contributed by atoms with van der Waals surface area (Å²) in [6, 6.07) is 5.79. The van der Waals surface area contributed by atoms with Gasteiger partial charge in [-0.25, -0.2) is 0 Å². The largest absolute Gasteiger partial charge is 0.376 e. The molecule has 1 saturated heterocycles. The predicted molar refractivity (Wildman–Crippen MR) is 88.2 cm³/mol. The maximum Gasteiger partial charge on any atom is 0.240 e. The highest BCUT2D eigenvalue weighted by Crippen LogP contribution is 2.46. The van der Waals surface area contributed by atoms with Gasteiger partial charge in [0.2, 0.25) is 11.8 Å². The Hall–Kier alpha value is -1.88. The van der Waals surface area contributed by atoms with Crippen LogP contribution in [0.25, 0.3) is 0 Å². The third-order valence-corrected chi connectivity index (χ3v) is 4.90. The van der Waals surface area contributed by atoms with Crippen molar-refractivity contribution < 1.29 is 14.3 Å². The Labute approximate surface area is 136 Å². The van der Waals surface area contributed by atoms with E-state index in [0.717, 1.165) is 30.7 Å². The van der Waals surface area contributed by atoms with Crippen LogP contribution in [-0.2, 0) is 14.3 Å². The van der Waals surface area contributed by atoms with Gasteiger partial charge in [-0.15, -0.1) is 0 Å². The van der Waals surface area contributed by atoms with Crippen LogP contribution in [0.4, 0.5) is 5.69 Å². The van der Waals surface area contributed by atoms with E-state index in [-0.39, 0.29) is 17.9 Å². The van der Waals surface area contributed by atoms with Crippen LogP contribution < -0.4 is 10.6 Å². The lowest BCUT2D eigenvalue weighted by atomic mass is 10.0. The molecule has 1 aromatic carbocycles. The zero-order chi connectivity index (χ0) is 16.4. The molecule has 124 valence electrons. The fourth-order valence-corrected chi connectivity index (χ4v) is 2.93. The lowest BCUT2D eigenvalue weighted by Gasteiger charge is -2.17. The Morgan fingerprint density at radius 2 is 2.00 bits per heavy atom. The zero-order valence-electron chi connectivity index (χ0n) is 13.8. The van der Waals surface area contributed by atoms with Crippen LogP contribution in [0.2, 0.25) is 0 Å². The van der Waals surface area contributed by atoms with E-state index in [2.05, 4.69) is 10.6 Å². The van der Waals surface area contributed by atoms with Crippen LogP contribution in [0.1, 0.15) is 36.8 Å². The molecular weight excluding hydrogens is 292 g/mol. The van der Waals surface area contributed by atoms with E-state index in [1.807, 2.05) is 32.0 Å². The summed E-state index contributed by atoms with van der Waals surface area (Å²) in [6.07, 6.45) is 3.33. The molecule has 2 fully saturated rings. The Kier molecular flexibility index (Phi) is 4.39. The molecule has 3 rings (SSSR count). The van der Waals surface area contributed by atoms with Crippen LogP contribution >= 0.6 is 0 Å². The zero-order valence-corrected chi connectivity index (χ0v) is 13.8. The number of amides is 2. The van der Waals surface area contributed by atoms with Crippen molar-refractivity contribution in [2.75, 3.05) is 18.5 Å². The van der Waals surface area contributed by atoms with Crippen LogP contribution in [0.15, 0.2) is 18.2 Å². The number of anilines is 1. The van der Waals surface area contributed by atoms with Crippen molar-refractivity contribution in [2.45, 2.75) is 45.6 Å². The third-order valence-electron chi connectivity index (χ3n) is 4.90. The first-order valence-electron chi connectivity index (χ1n) is 8.30. The number of hydrogen-bond acceptors (Lipinski definition) is 3. The fourth-order valence-electron chi connectivity index (χ4n) is 2.93. The molecule has 0 spiro atoms. The molecule has 1 atom stereocenters. The standard InChI is InChI=1S/C18H24N2O3/c1-12-5-6-14(10-13(12)2)20-17(22)18(7-8-18)16(21)19-11-15-4-3-9-23-15/h5-6,10,15H,3-4,7-9,11H2,1-2H3,(H,19,21)(H,20,22). The van der Waals surface area contributed by atoms with Crippen molar-refractivity contribution >= 4 is 17.5 Å². The van der Waals surface area contributed by atoms with Crippen LogP contribution in [0.5, 0.6) is 0 Å². The summed E-state index contributed by atoms with van der Waals surface area (Å²) < 4.78 is 5.50. The second kappa shape index (κ2) is 6.32. The van der Waals surface area contributed by atoms with Crippen molar-refractivity contribution in [3.8, 4) is 0 Å². The van der Waals surface area contributed by atoms with Crippen LogP contribution in [0.3, 0.4) is 0 Å². The van der Waals surface area contributed by atoms with Crippen molar-refractivity contribution in [3.63, 3.8) is 0 Å². The molecule has 1 aromatic rings. The molecule has 2 amide bonds. The Balaban J connectivity index is 1.58. The summed E-state index contributed by atoms with van der Waals surface area (Å²) in [5.41, 5.74) is 2.16. The maximum atomic E-state index is 12.5. The molecule has 1 unspecified atom stereocenters. The number of ether oxygens (including phenoxy) is 1. The predicted octanol–water partition coefficient (Wildman–Crippen LogP) is 2.32. The van der Waals surface area contributed by atoms with Crippen LogP contribution in [-0.4, -0.2) is 31.1 Å². The summed E-state index contributed by atoms with van der Waals surface area (Å²) >= 11 is 0. The number of carbonyl (C=O) groups excluding carboxylic acids is 2. The van der Waals surface area contributed by atoms with E-state index in [0.29, 0.717) is 19.4 Å². The number of hydrogen-bond donors (Lipinski definition) is 2. The molecule has 23 heavy (non-hydrogen) atoms. The maximum absolute atomic E-state index is 12.5. The highest BCUT2D eigenvalue weighted by atomic mass is 16.5. The molecule has 2 N–H and O–H groups in total. The highest BCUT2D eigenvalue weighted by molar-refractivity contribution is 6.13. The normalized spacial score (nSPS) is 21.7. The summed E-state index contributed by atoms with van der Waals surface area (Å²) in [5, 5.41) is 5.78. The first kappa shape index (κ1) is 16.0. The van der Waals surface area contributed by atoms with Gasteiger partial charge in [0.25, 0.3) is 0 Å². The van der Waals surface area contributed by atoms with Gasteiger partial charge in [0.1, 0.15) is 5.41 Å². The van der Waals surface area contributed by atoms with Crippen LogP contribution in [0, 0.1) is 19.3 Å². The molecule has 1 aliphatic carbocycles. The van der Waals surface area contributed by atoms with Gasteiger partial charge in [0, 0.05) is 18.8 Å². The molecule has 1 heterocycles. The van der Waals surface area contributed by atoms with E-state index < -0.39 is 5.41 Å². The van der Waals surface area contributed by atoms with Crippen molar-refractivity contribution in [3.05, 3.63) is 29.3 Å². The molecular formula is C18H24N2O3. The van der Waals surface area contributed by atoms with Gasteiger partial charge in [-0.2, -0.15) is 0 Å². The Morgan fingerprint density at radius 1 is 1.22 bits per heavy atom. The summed E-state index contributed by atoms with van der Waals surface area (Å²) in [4.78, 5) is 24.9. The quantitative estimate of drug-likeness (QED) is 0.819. The molecule has 0 aromatic heterocycles. The minimum Gasteiger partial charge on any atom is -0.376 e. The lowest BCUT2D eigenvalue weighted by Crippen LogP contribution is -2.42. The van der Waals surface area contributed by atoms with Gasteiger partial charge < -0.3 is 15.4 Å². The molecule has 1 aliphatic heterocycles. The first-order valence-corrected chi connectivity index (χ1v) is 8.30. The van der Waals surface area contributed by atoms with Gasteiger partial charge >= 0.3 is 0 Å². The SMILES string of the molecule is Cc1ccc(NC(=O)C2(C(=O)NCC3CCCO3)CC2)cc1C. The summed E-state index contributed by atoms with van der Waals surface area (Å²) in [7, 11) is 0. The number of aryl methyl sites for hydroxylation is 2. The average Bonchev–Trinajstić information content (AvgIpc) is 3.18. The highest BCUT2D eigenvalue weighted by Gasteiger charge is 2.56. The van der Waals surface area contributed by atoms with Crippen molar-refractivity contribution in [2.24, 2.45) is 5.41 Å². The first-order chi connectivity index (χ1) is 11.0.